The van der Waals surface area contributed by atoms with Crippen LogP contribution in [0.1, 0.15) is 21.5 Å². The van der Waals surface area contributed by atoms with E-state index in [9.17, 15) is 0 Å². The van der Waals surface area contributed by atoms with Gasteiger partial charge in [-0.1, -0.05) is 6.07 Å². The van der Waals surface area contributed by atoms with E-state index in [2.05, 4.69) is 11.9 Å². The van der Waals surface area contributed by atoms with E-state index >= 15 is 0 Å². The van der Waals surface area contributed by atoms with Gasteiger partial charge in [0.25, 0.3) is 0 Å². The van der Waals surface area contributed by atoms with E-state index in [-0.39, 0.29) is 6.04 Å². The van der Waals surface area contributed by atoms with Crippen LogP contribution in [0.3, 0.4) is 0 Å². The number of aromatic nitrogens is 1. The van der Waals surface area contributed by atoms with E-state index in [1.54, 1.807) is 11.3 Å². The fourth-order valence-electron chi connectivity index (χ4n) is 2.09. The summed E-state index contributed by atoms with van der Waals surface area (Å²) in [4.78, 5) is 5.56. The summed E-state index contributed by atoms with van der Waals surface area (Å²) in [5.74, 6) is 1.59. The molecule has 1 aromatic carbocycles. The van der Waals surface area contributed by atoms with Crippen LogP contribution in [0.4, 0.5) is 0 Å². The van der Waals surface area contributed by atoms with Crippen LogP contribution in [0.5, 0.6) is 11.5 Å². The van der Waals surface area contributed by atoms with Crippen LogP contribution in [0, 0.1) is 6.92 Å². The Morgan fingerprint density at radius 2 is 2.11 bits per heavy atom. The molecule has 2 heterocycles. The van der Waals surface area contributed by atoms with E-state index in [1.165, 1.54) is 4.88 Å². The van der Waals surface area contributed by atoms with E-state index in [1.807, 2.05) is 24.4 Å². The maximum absolute atomic E-state index is 6.24. The minimum absolute atomic E-state index is 0.0682. The highest BCUT2D eigenvalue weighted by atomic mass is 32.1. The van der Waals surface area contributed by atoms with Gasteiger partial charge in [0, 0.05) is 23.5 Å². The van der Waals surface area contributed by atoms with Crippen molar-refractivity contribution >= 4 is 11.3 Å². The lowest BCUT2D eigenvalue weighted by Crippen LogP contribution is -2.17. The minimum Gasteiger partial charge on any atom is -0.486 e. The molecular formula is C14H16N2O2S. The summed E-state index contributed by atoms with van der Waals surface area (Å²) in [6, 6.07) is 5.83. The van der Waals surface area contributed by atoms with Crippen molar-refractivity contribution in [3.63, 3.8) is 0 Å². The Kier molecular flexibility index (Phi) is 3.40. The number of aryl methyl sites for hydroxylation is 1. The summed E-state index contributed by atoms with van der Waals surface area (Å²) >= 11 is 1.69. The molecule has 0 saturated heterocycles. The molecule has 19 heavy (non-hydrogen) atoms. The maximum Gasteiger partial charge on any atom is 0.161 e. The van der Waals surface area contributed by atoms with Gasteiger partial charge >= 0.3 is 0 Å². The molecule has 0 bridgehead atoms. The van der Waals surface area contributed by atoms with Crippen LogP contribution in [0.15, 0.2) is 24.4 Å². The topological polar surface area (TPSA) is 57.4 Å². The predicted octanol–water partition coefficient (Wildman–Crippen LogP) is 2.47. The predicted molar refractivity (Wildman–Crippen MR) is 74.9 cm³/mol. The lowest BCUT2D eigenvalue weighted by molar-refractivity contribution is 0.171. The monoisotopic (exact) mass is 276 g/mol. The third kappa shape index (κ3) is 2.72. The zero-order chi connectivity index (χ0) is 13.2. The number of ether oxygens (including phenoxy) is 2. The second-order valence-corrected chi connectivity index (χ2v) is 5.90. The van der Waals surface area contributed by atoms with Crippen LogP contribution in [-0.2, 0) is 6.42 Å². The van der Waals surface area contributed by atoms with Crippen molar-refractivity contribution < 1.29 is 9.47 Å². The molecule has 1 aliphatic rings. The summed E-state index contributed by atoms with van der Waals surface area (Å²) in [6.07, 6.45) is 2.63. The van der Waals surface area contributed by atoms with Crippen molar-refractivity contribution in [3.05, 3.63) is 39.8 Å². The van der Waals surface area contributed by atoms with Crippen LogP contribution >= 0.6 is 11.3 Å². The van der Waals surface area contributed by atoms with Gasteiger partial charge < -0.3 is 15.2 Å². The second-order valence-electron chi connectivity index (χ2n) is 4.58. The molecule has 3 rings (SSSR count). The zero-order valence-corrected chi connectivity index (χ0v) is 11.6. The Hall–Kier alpha value is -1.59. The van der Waals surface area contributed by atoms with Crippen molar-refractivity contribution in [2.24, 2.45) is 5.73 Å². The van der Waals surface area contributed by atoms with E-state index < -0.39 is 0 Å². The van der Waals surface area contributed by atoms with E-state index in [0.717, 1.165) is 28.5 Å². The Labute approximate surface area is 116 Å². The van der Waals surface area contributed by atoms with Gasteiger partial charge in [-0.3, -0.25) is 0 Å². The summed E-state index contributed by atoms with van der Waals surface area (Å²) in [5, 5.41) is 1.07. The summed E-state index contributed by atoms with van der Waals surface area (Å²) < 4.78 is 11.1. The molecule has 2 aromatic rings. The van der Waals surface area contributed by atoms with Crippen molar-refractivity contribution in [2.75, 3.05) is 13.2 Å². The van der Waals surface area contributed by atoms with Gasteiger partial charge in [0.05, 0.1) is 5.01 Å². The zero-order valence-electron chi connectivity index (χ0n) is 10.8. The standard InChI is InChI=1S/C14H16N2O2S/c1-9-8-16-14(19-9)7-11(15)10-2-3-12-13(6-10)18-5-4-17-12/h2-3,6,8,11H,4-5,7,15H2,1H3. The van der Waals surface area contributed by atoms with Crippen molar-refractivity contribution in [3.8, 4) is 11.5 Å². The molecule has 1 atom stereocenters. The van der Waals surface area contributed by atoms with Crippen LogP contribution in [0.25, 0.3) is 0 Å². The van der Waals surface area contributed by atoms with E-state index in [4.69, 9.17) is 15.2 Å². The fourth-order valence-corrected chi connectivity index (χ4v) is 2.94. The second kappa shape index (κ2) is 5.19. The molecule has 100 valence electrons. The lowest BCUT2D eigenvalue weighted by atomic mass is 10.0. The highest BCUT2D eigenvalue weighted by molar-refractivity contribution is 7.11. The Balaban J connectivity index is 1.77. The highest BCUT2D eigenvalue weighted by Gasteiger charge is 2.15. The first kappa shape index (κ1) is 12.4. The molecule has 0 saturated carbocycles. The van der Waals surface area contributed by atoms with Gasteiger partial charge in [-0.2, -0.15) is 0 Å². The molecule has 0 aliphatic carbocycles. The number of hydrogen-bond donors (Lipinski definition) is 1. The van der Waals surface area contributed by atoms with Crippen LogP contribution in [0.2, 0.25) is 0 Å². The highest BCUT2D eigenvalue weighted by Crippen LogP contribution is 2.33. The molecule has 1 unspecified atom stereocenters. The van der Waals surface area contributed by atoms with Gasteiger partial charge in [0.2, 0.25) is 0 Å². The smallest absolute Gasteiger partial charge is 0.161 e. The SMILES string of the molecule is Cc1cnc(CC(N)c2ccc3c(c2)OCCO3)s1. The van der Waals surface area contributed by atoms with Crippen molar-refractivity contribution in [1.82, 2.24) is 4.98 Å². The molecule has 0 radical (unpaired) electrons. The average Bonchev–Trinajstić information content (AvgIpc) is 2.83. The van der Waals surface area contributed by atoms with Gasteiger partial charge in [0.15, 0.2) is 11.5 Å². The number of nitrogens with two attached hydrogens (primary N) is 1. The molecule has 0 fully saturated rings. The average molecular weight is 276 g/mol. The number of rotatable bonds is 3. The molecule has 4 nitrogen and oxygen atoms in total. The van der Waals surface area contributed by atoms with Crippen LogP contribution < -0.4 is 15.2 Å². The number of fused-ring (bicyclic) bond motifs is 1. The number of nitrogens with zero attached hydrogens (tertiary/aromatic N) is 1. The third-order valence-corrected chi connectivity index (χ3v) is 3.99. The van der Waals surface area contributed by atoms with Gasteiger partial charge in [-0.05, 0) is 24.6 Å². The Morgan fingerprint density at radius 1 is 1.32 bits per heavy atom. The first-order valence-corrected chi connectivity index (χ1v) is 7.10. The first-order chi connectivity index (χ1) is 9.22. The van der Waals surface area contributed by atoms with Crippen molar-refractivity contribution in [1.29, 1.82) is 0 Å². The Morgan fingerprint density at radius 3 is 2.84 bits per heavy atom. The normalized spacial score (nSPS) is 15.3. The summed E-state index contributed by atoms with van der Waals surface area (Å²) in [6.45, 7) is 3.25. The van der Waals surface area contributed by atoms with Gasteiger partial charge in [-0.15, -0.1) is 11.3 Å². The first-order valence-electron chi connectivity index (χ1n) is 6.29. The fraction of sp³-hybridized carbons (Fsp3) is 0.357. The van der Waals surface area contributed by atoms with E-state index in [0.29, 0.717) is 13.2 Å². The number of hydrogen-bond acceptors (Lipinski definition) is 5. The molecule has 1 aromatic heterocycles. The van der Waals surface area contributed by atoms with Gasteiger partial charge in [-0.25, -0.2) is 4.98 Å². The maximum atomic E-state index is 6.24. The molecule has 5 heteroatoms. The molecule has 2 N–H and O–H groups in total. The molecule has 0 amide bonds. The van der Waals surface area contributed by atoms with Crippen molar-refractivity contribution in [2.45, 2.75) is 19.4 Å². The summed E-state index contributed by atoms with van der Waals surface area (Å²) in [7, 11) is 0. The summed E-state index contributed by atoms with van der Waals surface area (Å²) in [5.41, 5.74) is 7.29. The third-order valence-electron chi connectivity index (χ3n) is 3.06. The largest absolute Gasteiger partial charge is 0.486 e. The number of benzene rings is 1. The molecule has 1 aliphatic heterocycles. The Bertz CT molecular complexity index is 583. The minimum atomic E-state index is -0.0682. The quantitative estimate of drug-likeness (QED) is 0.935. The molecule has 0 spiro atoms. The van der Waals surface area contributed by atoms with Crippen LogP contribution in [-0.4, -0.2) is 18.2 Å². The lowest BCUT2D eigenvalue weighted by Gasteiger charge is -2.20. The number of thiazole rings is 1. The van der Waals surface area contributed by atoms with Gasteiger partial charge in [0.1, 0.15) is 13.2 Å². The molecular weight excluding hydrogens is 260 g/mol.